The van der Waals surface area contributed by atoms with Gasteiger partial charge in [-0.15, -0.1) is 0 Å². The molecule has 102 valence electrons. The van der Waals surface area contributed by atoms with Crippen molar-refractivity contribution in [2.45, 2.75) is 6.92 Å². The molecule has 1 N–H and O–H groups in total. The van der Waals surface area contributed by atoms with Gasteiger partial charge in [0, 0.05) is 3.57 Å². The van der Waals surface area contributed by atoms with Crippen LogP contribution in [0.4, 0.5) is 0 Å². The Balaban J connectivity index is 2.29. The van der Waals surface area contributed by atoms with E-state index >= 15 is 0 Å². The van der Waals surface area contributed by atoms with Crippen molar-refractivity contribution in [3.8, 4) is 11.4 Å². The lowest BCUT2D eigenvalue weighted by molar-refractivity contribution is 0.414. The van der Waals surface area contributed by atoms with E-state index in [0.717, 1.165) is 28.0 Å². The molecule has 0 fully saturated rings. The van der Waals surface area contributed by atoms with E-state index < -0.39 is 0 Å². The molecule has 0 atom stereocenters. The van der Waals surface area contributed by atoms with Gasteiger partial charge in [-0.05, 0) is 83.7 Å². The van der Waals surface area contributed by atoms with Gasteiger partial charge in [0.05, 0.1) is 23.8 Å². The summed E-state index contributed by atoms with van der Waals surface area (Å²) in [6.45, 7) is 2.06. The Morgan fingerprint density at radius 1 is 1.20 bits per heavy atom. The van der Waals surface area contributed by atoms with E-state index in [1.165, 1.54) is 3.57 Å². The van der Waals surface area contributed by atoms with Crippen molar-refractivity contribution < 1.29 is 4.74 Å². The zero-order valence-electron chi connectivity index (χ0n) is 11.1. The van der Waals surface area contributed by atoms with Crippen LogP contribution < -0.4 is 4.74 Å². The van der Waals surface area contributed by atoms with E-state index in [0.29, 0.717) is 4.77 Å². The summed E-state index contributed by atoms with van der Waals surface area (Å²) in [5.74, 6) is 0.854. The maximum absolute atomic E-state index is 5.47. The largest absolute Gasteiger partial charge is 0.497 e. The molecule has 20 heavy (non-hydrogen) atoms. The molecule has 0 aliphatic heterocycles. The van der Waals surface area contributed by atoms with Gasteiger partial charge in [0.2, 0.25) is 0 Å². The van der Waals surface area contributed by atoms with Gasteiger partial charge in [-0.25, -0.2) is 0 Å². The first-order valence-electron chi connectivity index (χ1n) is 6.15. The number of nitrogens with one attached hydrogen (secondary N) is 1. The van der Waals surface area contributed by atoms with Crippen molar-refractivity contribution in [2.24, 2.45) is 0 Å². The van der Waals surface area contributed by atoms with Gasteiger partial charge in [0.25, 0.3) is 0 Å². The Bertz CT molecular complexity index is 851. The lowest BCUT2D eigenvalue weighted by atomic mass is 10.2. The second-order valence-electron chi connectivity index (χ2n) is 4.58. The highest BCUT2D eigenvalue weighted by Gasteiger charge is 2.09. The quantitative estimate of drug-likeness (QED) is 0.507. The number of nitrogens with zero attached hydrogens (tertiary/aromatic N) is 1. The molecule has 2 aromatic carbocycles. The van der Waals surface area contributed by atoms with Gasteiger partial charge < -0.3 is 9.72 Å². The molecule has 0 saturated carbocycles. The summed E-state index contributed by atoms with van der Waals surface area (Å²) in [6, 6.07) is 12.3. The van der Waals surface area contributed by atoms with Crippen molar-refractivity contribution in [2.75, 3.05) is 7.11 Å². The Kier molecular flexibility index (Phi) is 3.55. The van der Waals surface area contributed by atoms with Crippen molar-refractivity contribution in [3.05, 3.63) is 50.3 Å². The van der Waals surface area contributed by atoms with Gasteiger partial charge in [-0.2, -0.15) is 0 Å². The van der Waals surface area contributed by atoms with Crippen LogP contribution in [0.5, 0.6) is 5.75 Å². The maximum Gasteiger partial charge on any atom is 0.182 e. The molecule has 0 spiro atoms. The molecule has 0 unspecified atom stereocenters. The highest BCUT2D eigenvalue weighted by Crippen LogP contribution is 2.25. The summed E-state index contributed by atoms with van der Waals surface area (Å²) >= 11 is 7.77. The lowest BCUT2D eigenvalue weighted by Gasteiger charge is -2.10. The molecule has 1 aromatic heterocycles. The van der Waals surface area contributed by atoms with Crippen LogP contribution in [0.1, 0.15) is 5.56 Å². The topological polar surface area (TPSA) is 29.9 Å². The third-order valence-corrected chi connectivity index (χ3v) is 4.24. The van der Waals surface area contributed by atoms with Crippen molar-refractivity contribution in [1.29, 1.82) is 0 Å². The number of halogens is 1. The highest BCUT2D eigenvalue weighted by atomic mass is 127. The fourth-order valence-corrected chi connectivity index (χ4v) is 3.13. The molecule has 0 aliphatic carbocycles. The smallest absolute Gasteiger partial charge is 0.182 e. The second-order valence-corrected chi connectivity index (χ2v) is 6.21. The highest BCUT2D eigenvalue weighted by molar-refractivity contribution is 14.1. The molecular formula is C15H13IN2OS. The van der Waals surface area contributed by atoms with Gasteiger partial charge >= 0.3 is 0 Å². The predicted octanol–water partition coefficient (Wildman–Crippen LogP) is 4.61. The first-order valence-corrected chi connectivity index (χ1v) is 7.64. The Morgan fingerprint density at radius 3 is 2.70 bits per heavy atom. The van der Waals surface area contributed by atoms with Gasteiger partial charge in [-0.3, -0.25) is 4.57 Å². The third kappa shape index (κ3) is 2.25. The average molecular weight is 396 g/mol. The number of imidazole rings is 1. The molecule has 3 nitrogen and oxygen atoms in total. The number of benzene rings is 2. The van der Waals surface area contributed by atoms with Crippen LogP contribution >= 0.6 is 34.8 Å². The zero-order chi connectivity index (χ0) is 14.3. The van der Waals surface area contributed by atoms with Gasteiger partial charge in [0.1, 0.15) is 5.75 Å². The lowest BCUT2D eigenvalue weighted by Crippen LogP contribution is -1.97. The van der Waals surface area contributed by atoms with E-state index in [1.807, 2.05) is 18.2 Å². The molecule has 0 bridgehead atoms. The second kappa shape index (κ2) is 5.21. The van der Waals surface area contributed by atoms with Crippen molar-refractivity contribution >= 4 is 45.8 Å². The monoisotopic (exact) mass is 396 g/mol. The van der Waals surface area contributed by atoms with Crippen LogP contribution in [0.25, 0.3) is 16.7 Å². The summed E-state index contributed by atoms with van der Waals surface area (Å²) in [7, 11) is 1.67. The van der Waals surface area contributed by atoms with E-state index in [9.17, 15) is 0 Å². The maximum atomic E-state index is 5.47. The van der Waals surface area contributed by atoms with Crippen LogP contribution in [-0.2, 0) is 0 Å². The molecule has 0 radical (unpaired) electrons. The number of H-pyrrole nitrogens is 1. The standard InChI is InChI=1S/C15H13IN2OS/c1-9-7-11(19-2)4-6-13(9)18-14-5-3-10(16)8-12(14)17-15(18)20/h3-8H,1-2H3,(H,17,20). The number of methoxy groups -OCH3 is 1. The van der Waals surface area contributed by atoms with E-state index in [1.54, 1.807) is 7.11 Å². The number of hydrogen-bond acceptors (Lipinski definition) is 2. The predicted molar refractivity (Wildman–Crippen MR) is 92.5 cm³/mol. The minimum atomic E-state index is 0.704. The van der Waals surface area contributed by atoms with Gasteiger partial charge in [0.15, 0.2) is 4.77 Å². The minimum Gasteiger partial charge on any atom is -0.497 e. The number of aryl methyl sites for hydroxylation is 1. The van der Waals surface area contributed by atoms with E-state index in [-0.39, 0.29) is 0 Å². The Labute approximate surface area is 135 Å². The zero-order valence-corrected chi connectivity index (χ0v) is 14.1. The third-order valence-electron chi connectivity index (χ3n) is 3.29. The van der Waals surface area contributed by atoms with Crippen LogP contribution in [0.2, 0.25) is 0 Å². The van der Waals surface area contributed by atoms with Gasteiger partial charge in [-0.1, -0.05) is 0 Å². The minimum absolute atomic E-state index is 0.704. The molecular weight excluding hydrogens is 383 g/mol. The molecule has 0 amide bonds. The Hall–Kier alpha value is -1.34. The summed E-state index contributed by atoms with van der Waals surface area (Å²) in [6.07, 6.45) is 0. The molecule has 3 rings (SSSR count). The molecule has 0 aliphatic rings. The van der Waals surface area contributed by atoms with Crippen LogP contribution in [-0.4, -0.2) is 16.7 Å². The Morgan fingerprint density at radius 2 is 2.00 bits per heavy atom. The molecule has 3 aromatic rings. The van der Waals surface area contributed by atoms with E-state index in [4.69, 9.17) is 17.0 Å². The fourth-order valence-electron chi connectivity index (χ4n) is 2.33. The first-order chi connectivity index (χ1) is 9.60. The summed E-state index contributed by atoms with van der Waals surface area (Å²) in [5.41, 5.74) is 4.34. The number of fused-ring (bicyclic) bond motifs is 1. The van der Waals surface area contributed by atoms with Crippen LogP contribution in [0, 0.1) is 15.3 Å². The van der Waals surface area contributed by atoms with Crippen LogP contribution in [0.3, 0.4) is 0 Å². The number of aromatic nitrogens is 2. The summed E-state index contributed by atoms with van der Waals surface area (Å²) in [5, 5.41) is 0. The summed E-state index contributed by atoms with van der Waals surface area (Å²) < 4.78 is 9.21. The van der Waals surface area contributed by atoms with Crippen molar-refractivity contribution in [1.82, 2.24) is 9.55 Å². The van der Waals surface area contributed by atoms with Crippen molar-refractivity contribution in [3.63, 3.8) is 0 Å². The normalized spacial score (nSPS) is 10.9. The SMILES string of the molecule is COc1ccc(-n2c(=S)[nH]c3cc(I)ccc32)c(C)c1. The molecule has 0 saturated heterocycles. The molecule has 1 heterocycles. The number of aromatic amines is 1. The van der Waals surface area contributed by atoms with E-state index in [2.05, 4.69) is 57.3 Å². The molecule has 5 heteroatoms. The first kappa shape index (κ1) is 13.6. The number of ether oxygens (including phenoxy) is 1. The summed E-state index contributed by atoms with van der Waals surface area (Å²) in [4.78, 5) is 3.26. The fraction of sp³-hybridized carbons (Fsp3) is 0.133. The van der Waals surface area contributed by atoms with Crippen LogP contribution in [0.15, 0.2) is 36.4 Å². The number of hydrogen-bond donors (Lipinski definition) is 1. The average Bonchev–Trinajstić information content (AvgIpc) is 2.73. The number of rotatable bonds is 2.